The van der Waals surface area contributed by atoms with Crippen LogP contribution >= 0.6 is 0 Å². The van der Waals surface area contributed by atoms with E-state index in [1.165, 1.54) is 0 Å². The van der Waals surface area contributed by atoms with Crippen LogP contribution in [-0.2, 0) is 6.54 Å². The van der Waals surface area contributed by atoms with E-state index in [9.17, 15) is 0 Å². The number of hydrogen-bond acceptors (Lipinski definition) is 5. The summed E-state index contributed by atoms with van der Waals surface area (Å²) >= 11 is 0. The third-order valence-corrected chi connectivity index (χ3v) is 2.72. The smallest absolute Gasteiger partial charge is 0.226 e. The molecule has 2 aromatic rings. The van der Waals surface area contributed by atoms with Crippen molar-refractivity contribution in [2.45, 2.75) is 40.3 Å². The fourth-order valence-electron chi connectivity index (χ4n) is 1.79. The van der Waals surface area contributed by atoms with Gasteiger partial charge in [-0.05, 0) is 39.3 Å². The lowest BCUT2D eigenvalue weighted by Gasteiger charge is -2.11. The van der Waals surface area contributed by atoms with Crippen molar-refractivity contribution >= 4 is 5.95 Å². The molecule has 2 aromatic heterocycles. The van der Waals surface area contributed by atoms with Crippen LogP contribution in [0.5, 0.6) is 5.88 Å². The summed E-state index contributed by atoms with van der Waals surface area (Å²) < 4.78 is 5.60. The molecule has 5 heteroatoms. The van der Waals surface area contributed by atoms with Crippen molar-refractivity contribution in [3.05, 3.63) is 41.3 Å². The van der Waals surface area contributed by atoms with Crippen molar-refractivity contribution in [1.29, 1.82) is 0 Å². The minimum absolute atomic E-state index is 0.0928. The van der Waals surface area contributed by atoms with Crippen LogP contribution in [0.15, 0.2) is 24.4 Å². The predicted molar refractivity (Wildman–Crippen MR) is 78.8 cm³/mol. The lowest BCUT2D eigenvalue weighted by Crippen LogP contribution is -2.11. The first kappa shape index (κ1) is 14.2. The van der Waals surface area contributed by atoms with Crippen molar-refractivity contribution in [3.63, 3.8) is 0 Å². The van der Waals surface area contributed by atoms with Crippen LogP contribution in [0, 0.1) is 13.8 Å². The van der Waals surface area contributed by atoms with E-state index in [1.807, 2.05) is 45.9 Å². The van der Waals surface area contributed by atoms with E-state index in [4.69, 9.17) is 4.74 Å². The third kappa shape index (κ3) is 3.91. The number of pyridine rings is 1. The van der Waals surface area contributed by atoms with Crippen molar-refractivity contribution in [1.82, 2.24) is 15.0 Å². The van der Waals surface area contributed by atoms with Crippen molar-refractivity contribution < 1.29 is 4.74 Å². The largest absolute Gasteiger partial charge is 0.475 e. The molecule has 0 radical (unpaired) electrons. The summed E-state index contributed by atoms with van der Waals surface area (Å²) in [6.45, 7) is 8.50. The average Bonchev–Trinajstić information content (AvgIpc) is 2.36. The number of rotatable bonds is 5. The Kier molecular flexibility index (Phi) is 4.50. The molecule has 2 rings (SSSR count). The standard InChI is InChI=1S/C15H20N4O/c1-10(2)20-14-8-12(4)18-15(19-14)17-9-13-11(3)6-5-7-16-13/h5-8,10H,9H2,1-4H3,(H,17,18,19). The molecule has 0 bridgehead atoms. The lowest BCUT2D eigenvalue weighted by atomic mass is 10.2. The number of aryl methyl sites for hydroxylation is 2. The molecule has 0 amide bonds. The van der Waals surface area contributed by atoms with E-state index in [2.05, 4.69) is 20.3 Å². The van der Waals surface area contributed by atoms with Gasteiger partial charge in [-0.15, -0.1) is 0 Å². The summed E-state index contributed by atoms with van der Waals surface area (Å²) in [5, 5.41) is 3.19. The Hall–Kier alpha value is -2.17. The molecule has 106 valence electrons. The van der Waals surface area contributed by atoms with E-state index in [0.717, 1.165) is 17.0 Å². The minimum Gasteiger partial charge on any atom is -0.475 e. The zero-order chi connectivity index (χ0) is 14.5. The molecule has 0 aliphatic carbocycles. The molecule has 0 unspecified atom stereocenters. The van der Waals surface area contributed by atoms with Gasteiger partial charge < -0.3 is 10.1 Å². The van der Waals surface area contributed by atoms with Gasteiger partial charge in [-0.2, -0.15) is 4.98 Å². The van der Waals surface area contributed by atoms with Gasteiger partial charge in [0.2, 0.25) is 11.8 Å². The fourth-order valence-corrected chi connectivity index (χ4v) is 1.79. The molecular weight excluding hydrogens is 252 g/mol. The van der Waals surface area contributed by atoms with Crippen molar-refractivity contribution in [2.75, 3.05) is 5.32 Å². The highest BCUT2D eigenvalue weighted by Gasteiger charge is 2.06. The van der Waals surface area contributed by atoms with Crippen LogP contribution in [0.3, 0.4) is 0 Å². The highest BCUT2D eigenvalue weighted by Crippen LogP contribution is 2.14. The maximum absolute atomic E-state index is 5.60. The molecule has 0 aromatic carbocycles. The molecule has 0 spiro atoms. The van der Waals surface area contributed by atoms with Gasteiger partial charge in [-0.3, -0.25) is 4.98 Å². The Balaban J connectivity index is 2.09. The summed E-state index contributed by atoms with van der Waals surface area (Å²) in [5.41, 5.74) is 3.01. The third-order valence-electron chi connectivity index (χ3n) is 2.72. The molecule has 0 aliphatic rings. The Morgan fingerprint density at radius 2 is 2.05 bits per heavy atom. The molecule has 0 saturated carbocycles. The second kappa shape index (κ2) is 6.32. The van der Waals surface area contributed by atoms with Crippen LogP contribution in [-0.4, -0.2) is 21.1 Å². The number of nitrogens with zero attached hydrogens (tertiary/aromatic N) is 3. The summed E-state index contributed by atoms with van der Waals surface area (Å²) in [7, 11) is 0. The van der Waals surface area contributed by atoms with E-state index < -0.39 is 0 Å². The normalized spacial score (nSPS) is 10.7. The minimum atomic E-state index is 0.0928. The first-order chi connectivity index (χ1) is 9.54. The molecule has 20 heavy (non-hydrogen) atoms. The van der Waals surface area contributed by atoms with Crippen molar-refractivity contribution in [2.24, 2.45) is 0 Å². The zero-order valence-electron chi connectivity index (χ0n) is 12.3. The van der Waals surface area contributed by atoms with Gasteiger partial charge in [0.25, 0.3) is 0 Å². The first-order valence-corrected chi connectivity index (χ1v) is 6.71. The second-order valence-electron chi connectivity index (χ2n) is 4.96. The quantitative estimate of drug-likeness (QED) is 0.907. The molecule has 5 nitrogen and oxygen atoms in total. The summed E-state index contributed by atoms with van der Waals surface area (Å²) in [4.78, 5) is 13.0. The summed E-state index contributed by atoms with van der Waals surface area (Å²) in [6, 6.07) is 5.79. The monoisotopic (exact) mass is 272 g/mol. The Labute approximate surface area is 119 Å². The molecule has 2 heterocycles. The number of nitrogens with one attached hydrogen (secondary N) is 1. The predicted octanol–water partition coefficient (Wildman–Crippen LogP) is 2.89. The Morgan fingerprint density at radius 3 is 2.75 bits per heavy atom. The second-order valence-corrected chi connectivity index (χ2v) is 4.96. The van der Waals surface area contributed by atoms with Crippen LogP contribution in [0.1, 0.15) is 30.8 Å². The van der Waals surface area contributed by atoms with Gasteiger partial charge in [-0.1, -0.05) is 6.07 Å². The number of anilines is 1. The van der Waals surface area contributed by atoms with E-state index in [-0.39, 0.29) is 6.10 Å². The highest BCUT2D eigenvalue weighted by molar-refractivity contribution is 5.32. The van der Waals surface area contributed by atoms with Crippen molar-refractivity contribution in [3.8, 4) is 5.88 Å². The number of aromatic nitrogens is 3. The first-order valence-electron chi connectivity index (χ1n) is 6.71. The van der Waals surface area contributed by atoms with Gasteiger partial charge in [0.1, 0.15) is 0 Å². The summed E-state index contributed by atoms with van der Waals surface area (Å²) in [6.07, 6.45) is 1.88. The van der Waals surface area contributed by atoms with E-state index >= 15 is 0 Å². The van der Waals surface area contributed by atoms with Gasteiger partial charge in [0.15, 0.2) is 0 Å². The highest BCUT2D eigenvalue weighted by atomic mass is 16.5. The van der Waals surface area contributed by atoms with Gasteiger partial charge in [0, 0.05) is 18.0 Å². The van der Waals surface area contributed by atoms with Gasteiger partial charge in [0.05, 0.1) is 18.3 Å². The van der Waals surface area contributed by atoms with Crippen LogP contribution in [0.4, 0.5) is 5.95 Å². The number of ether oxygens (including phenoxy) is 1. The Morgan fingerprint density at radius 1 is 1.25 bits per heavy atom. The van der Waals surface area contributed by atoms with Gasteiger partial charge >= 0.3 is 0 Å². The molecule has 0 saturated heterocycles. The van der Waals surface area contributed by atoms with E-state index in [1.54, 1.807) is 6.20 Å². The maximum atomic E-state index is 5.60. The summed E-state index contributed by atoms with van der Waals surface area (Å²) in [5.74, 6) is 1.15. The molecule has 0 atom stereocenters. The lowest BCUT2D eigenvalue weighted by molar-refractivity contribution is 0.232. The average molecular weight is 272 g/mol. The zero-order valence-corrected chi connectivity index (χ0v) is 12.3. The molecular formula is C15H20N4O. The topological polar surface area (TPSA) is 59.9 Å². The fraction of sp³-hybridized carbons (Fsp3) is 0.400. The Bertz CT molecular complexity index is 584. The van der Waals surface area contributed by atoms with Crippen LogP contribution in [0.25, 0.3) is 0 Å². The maximum Gasteiger partial charge on any atom is 0.226 e. The van der Waals surface area contributed by atoms with E-state index in [0.29, 0.717) is 18.4 Å². The molecule has 0 fully saturated rings. The number of hydrogen-bond donors (Lipinski definition) is 1. The van der Waals surface area contributed by atoms with Gasteiger partial charge in [-0.25, -0.2) is 4.98 Å². The van der Waals surface area contributed by atoms with Crippen LogP contribution in [0.2, 0.25) is 0 Å². The molecule has 1 N–H and O–H groups in total. The SMILES string of the molecule is Cc1cc(OC(C)C)nc(NCc2ncccc2C)n1. The van der Waals surface area contributed by atoms with Crippen LogP contribution < -0.4 is 10.1 Å². The molecule has 0 aliphatic heterocycles.